The van der Waals surface area contributed by atoms with Crippen LogP contribution in [0, 0.1) is 0 Å². The standard InChI is InChI=1S/C9H20N2O6S/c1-17-18(15,16)7-9(14)6-11(4-5-12)3-2-10-8-13/h8-9,12,14H,2-7H2,1H3,(H,10,13). The van der Waals surface area contributed by atoms with E-state index in [1.54, 1.807) is 4.90 Å². The monoisotopic (exact) mass is 284 g/mol. The highest BCUT2D eigenvalue weighted by Crippen LogP contribution is 1.98. The summed E-state index contributed by atoms with van der Waals surface area (Å²) in [5.41, 5.74) is 0. The van der Waals surface area contributed by atoms with Gasteiger partial charge in [-0.2, -0.15) is 8.42 Å². The average molecular weight is 284 g/mol. The molecule has 3 N–H and O–H groups in total. The molecule has 9 heteroatoms. The van der Waals surface area contributed by atoms with Crippen molar-refractivity contribution in [3.8, 4) is 0 Å². The van der Waals surface area contributed by atoms with E-state index in [0.29, 0.717) is 19.5 Å². The number of rotatable bonds is 11. The summed E-state index contributed by atoms with van der Waals surface area (Å²) in [5, 5.41) is 20.9. The van der Waals surface area contributed by atoms with E-state index >= 15 is 0 Å². The topological polar surface area (TPSA) is 116 Å². The minimum atomic E-state index is -3.72. The SMILES string of the molecule is COS(=O)(=O)CC(O)CN(CCO)CCNC=O. The molecule has 0 spiro atoms. The van der Waals surface area contributed by atoms with E-state index in [1.807, 2.05) is 0 Å². The molecule has 0 rings (SSSR count). The van der Waals surface area contributed by atoms with Crippen molar-refractivity contribution in [3.63, 3.8) is 0 Å². The van der Waals surface area contributed by atoms with E-state index in [9.17, 15) is 18.3 Å². The number of carbonyl (C=O) groups excluding carboxylic acids is 1. The minimum absolute atomic E-state index is 0.0731. The van der Waals surface area contributed by atoms with Crippen LogP contribution in [0.25, 0.3) is 0 Å². The zero-order chi connectivity index (χ0) is 14.0. The van der Waals surface area contributed by atoms with E-state index in [2.05, 4.69) is 9.50 Å². The van der Waals surface area contributed by atoms with Crippen LogP contribution in [0.3, 0.4) is 0 Å². The van der Waals surface area contributed by atoms with Gasteiger partial charge in [0.1, 0.15) is 5.75 Å². The fraction of sp³-hybridized carbons (Fsp3) is 0.889. The summed E-state index contributed by atoms with van der Waals surface area (Å²) in [6.45, 7) is 0.996. The largest absolute Gasteiger partial charge is 0.395 e. The van der Waals surface area contributed by atoms with E-state index in [0.717, 1.165) is 7.11 Å². The third-order valence-electron chi connectivity index (χ3n) is 2.19. The molecule has 1 amide bonds. The molecule has 0 saturated carbocycles. The third kappa shape index (κ3) is 8.37. The quantitative estimate of drug-likeness (QED) is 0.216. The number of aliphatic hydroxyl groups is 2. The van der Waals surface area contributed by atoms with Crippen molar-refractivity contribution in [2.75, 3.05) is 45.6 Å². The van der Waals surface area contributed by atoms with E-state index in [1.165, 1.54) is 0 Å². The van der Waals surface area contributed by atoms with Crippen molar-refractivity contribution in [2.45, 2.75) is 6.10 Å². The lowest BCUT2D eigenvalue weighted by atomic mass is 10.3. The Labute approximate surface area is 107 Å². The number of nitrogens with one attached hydrogen (secondary N) is 1. The first-order valence-electron chi connectivity index (χ1n) is 5.41. The van der Waals surface area contributed by atoms with E-state index < -0.39 is 22.0 Å². The minimum Gasteiger partial charge on any atom is -0.395 e. The Hall–Kier alpha value is -0.740. The molecule has 0 heterocycles. The number of nitrogens with zero attached hydrogens (tertiary/aromatic N) is 1. The van der Waals surface area contributed by atoms with Crippen LogP contribution in [0.2, 0.25) is 0 Å². The van der Waals surface area contributed by atoms with Crippen molar-refractivity contribution in [3.05, 3.63) is 0 Å². The predicted octanol–water partition coefficient (Wildman–Crippen LogP) is -2.64. The highest BCUT2D eigenvalue weighted by Gasteiger charge is 2.19. The molecule has 0 aromatic heterocycles. The number of carbonyl (C=O) groups is 1. The lowest BCUT2D eigenvalue weighted by Gasteiger charge is -2.23. The van der Waals surface area contributed by atoms with Gasteiger partial charge in [0.2, 0.25) is 6.41 Å². The first-order chi connectivity index (χ1) is 8.45. The highest BCUT2D eigenvalue weighted by molar-refractivity contribution is 7.86. The Morgan fingerprint density at radius 2 is 2.11 bits per heavy atom. The molecule has 1 unspecified atom stereocenters. The van der Waals surface area contributed by atoms with Gasteiger partial charge < -0.3 is 15.5 Å². The fourth-order valence-corrected chi connectivity index (χ4v) is 2.08. The van der Waals surface area contributed by atoms with Gasteiger partial charge >= 0.3 is 0 Å². The molecule has 0 aliphatic carbocycles. The molecular formula is C9H20N2O6S. The molecule has 108 valence electrons. The predicted molar refractivity (Wildman–Crippen MR) is 64.4 cm³/mol. The van der Waals surface area contributed by atoms with Crippen LogP contribution in [0.5, 0.6) is 0 Å². The first-order valence-corrected chi connectivity index (χ1v) is 6.99. The lowest BCUT2D eigenvalue weighted by Crippen LogP contribution is -2.41. The van der Waals surface area contributed by atoms with Crippen LogP contribution in [0.15, 0.2) is 0 Å². The summed E-state index contributed by atoms with van der Waals surface area (Å²) in [5.74, 6) is -0.507. The maximum Gasteiger partial charge on any atom is 0.269 e. The second-order valence-corrected chi connectivity index (χ2v) is 5.42. The summed E-state index contributed by atoms with van der Waals surface area (Å²) in [4.78, 5) is 11.7. The van der Waals surface area contributed by atoms with Crippen molar-refractivity contribution in [2.24, 2.45) is 0 Å². The Bertz CT molecular complexity index is 321. The van der Waals surface area contributed by atoms with Crippen LogP contribution in [-0.2, 0) is 19.1 Å². The van der Waals surface area contributed by atoms with Gasteiger partial charge in [-0.05, 0) is 0 Å². The number of amides is 1. The van der Waals surface area contributed by atoms with Crippen LogP contribution in [0.1, 0.15) is 0 Å². The van der Waals surface area contributed by atoms with Crippen molar-refractivity contribution >= 4 is 16.5 Å². The maximum atomic E-state index is 11.1. The van der Waals surface area contributed by atoms with Crippen LogP contribution < -0.4 is 5.32 Å². The lowest BCUT2D eigenvalue weighted by molar-refractivity contribution is -0.109. The Kier molecular flexibility index (Phi) is 8.85. The van der Waals surface area contributed by atoms with Gasteiger partial charge in [-0.1, -0.05) is 0 Å². The molecule has 0 fully saturated rings. The summed E-state index contributed by atoms with van der Waals surface area (Å²) >= 11 is 0. The van der Waals surface area contributed by atoms with Crippen LogP contribution in [-0.4, -0.2) is 81.7 Å². The molecule has 0 aromatic rings. The summed E-state index contributed by atoms with van der Waals surface area (Å²) in [6, 6.07) is 0. The van der Waals surface area contributed by atoms with Gasteiger partial charge in [0, 0.05) is 26.2 Å². The van der Waals surface area contributed by atoms with E-state index in [4.69, 9.17) is 5.11 Å². The zero-order valence-electron chi connectivity index (χ0n) is 10.3. The van der Waals surface area contributed by atoms with Gasteiger partial charge in [0.25, 0.3) is 10.1 Å². The average Bonchev–Trinajstić information content (AvgIpc) is 2.28. The molecule has 18 heavy (non-hydrogen) atoms. The van der Waals surface area contributed by atoms with E-state index in [-0.39, 0.29) is 19.7 Å². The molecule has 0 saturated heterocycles. The van der Waals surface area contributed by atoms with Gasteiger partial charge in [-0.25, -0.2) is 0 Å². The summed E-state index contributed by atoms with van der Waals surface area (Å²) in [7, 11) is -2.69. The Morgan fingerprint density at radius 1 is 1.44 bits per heavy atom. The number of aliphatic hydroxyl groups excluding tert-OH is 2. The smallest absolute Gasteiger partial charge is 0.269 e. The van der Waals surface area contributed by atoms with Crippen molar-refractivity contribution in [1.82, 2.24) is 10.2 Å². The molecule has 0 bridgehead atoms. The van der Waals surface area contributed by atoms with Crippen molar-refractivity contribution in [1.29, 1.82) is 0 Å². The van der Waals surface area contributed by atoms with Crippen LogP contribution in [0.4, 0.5) is 0 Å². The summed E-state index contributed by atoms with van der Waals surface area (Å²) in [6.07, 6.45) is -0.569. The Balaban J connectivity index is 4.17. The third-order valence-corrected chi connectivity index (χ3v) is 3.49. The van der Waals surface area contributed by atoms with Gasteiger partial charge in [0.15, 0.2) is 0 Å². The molecule has 0 aliphatic rings. The fourth-order valence-electron chi connectivity index (χ4n) is 1.37. The van der Waals surface area contributed by atoms with Crippen molar-refractivity contribution < 1.29 is 27.6 Å². The molecule has 0 aliphatic heterocycles. The summed E-state index contributed by atoms with van der Waals surface area (Å²) < 4.78 is 26.4. The maximum absolute atomic E-state index is 11.1. The highest BCUT2D eigenvalue weighted by atomic mass is 32.2. The number of hydrogen-bond acceptors (Lipinski definition) is 7. The normalized spacial score (nSPS) is 13.6. The molecule has 0 aromatic carbocycles. The number of hydrogen-bond donors (Lipinski definition) is 3. The molecule has 8 nitrogen and oxygen atoms in total. The zero-order valence-corrected chi connectivity index (χ0v) is 11.1. The van der Waals surface area contributed by atoms with Gasteiger partial charge in [0.05, 0.1) is 19.8 Å². The van der Waals surface area contributed by atoms with Gasteiger partial charge in [-0.3, -0.25) is 13.9 Å². The molecule has 1 atom stereocenters. The van der Waals surface area contributed by atoms with Gasteiger partial charge in [-0.15, -0.1) is 0 Å². The molecular weight excluding hydrogens is 264 g/mol. The Morgan fingerprint density at radius 3 is 2.61 bits per heavy atom. The first kappa shape index (κ1) is 17.3. The molecule has 0 radical (unpaired) electrons. The second kappa shape index (κ2) is 9.22. The van der Waals surface area contributed by atoms with Crippen LogP contribution >= 0.6 is 0 Å². The second-order valence-electron chi connectivity index (χ2n) is 3.64.